The first-order valence-corrected chi connectivity index (χ1v) is 19.4. The number of halogens is 2. The average molecular weight is 771 g/mol. The van der Waals surface area contributed by atoms with Crippen molar-refractivity contribution in [2.45, 2.75) is 62.3 Å². The first-order valence-electron chi connectivity index (χ1n) is 13.2. The molecule has 226 valence electrons. The van der Waals surface area contributed by atoms with Crippen LogP contribution in [0.3, 0.4) is 0 Å². The maximum absolute atomic E-state index is 9.96. The Hall–Kier alpha value is -2.14. The number of ether oxygens (including phenoxy) is 1. The van der Waals surface area contributed by atoms with Crippen molar-refractivity contribution in [2.75, 3.05) is 21.2 Å². The minimum absolute atomic E-state index is 0.157. The monoisotopic (exact) mass is 770 g/mol. The molecule has 0 spiro atoms. The van der Waals surface area contributed by atoms with Crippen LogP contribution in [-0.4, -0.2) is 33.2 Å². The molecule has 0 radical (unpaired) electrons. The summed E-state index contributed by atoms with van der Waals surface area (Å²) in [4.78, 5) is 19.5. The number of hydrogen-bond acceptors (Lipinski definition) is 3. The van der Waals surface area contributed by atoms with Crippen molar-refractivity contribution in [2.24, 2.45) is 0 Å². The molecule has 0 atom stereocenters. The predicted octanol–water partition coefficient (Wildman–Crippen LogP) is 10.7. The summed E-state index contributed by atoms with van der Waals surface area (Å²) in [6.07, 6.45) is 0. The summed E-state index contributed by atoms with van der Waals surface area (Å²) in [5, 5.41) is 4.73. The zero-order valence-electron chi connectivity index (χ0n) is 26.4. The van der Waals surface area contributed by atoms with Crippen molar-refractivity contribution < 1.29 is 14.3 Å². The molecule has 0 fully saturated rings. The van der Waals surface area contributed by atoms with Gasteiger partial charge in [-0.25, -0.2) is 4.79 Å². The van der Waals surface area contributed by atoms with Crippen LogP contribution >= 0.6 is 37.2 Å². The molecule has 0 aromatic heterocycles. The van der Waals surface area contributed by atoms with Crippen LogP contribution in [0, 0.1) is 0 Å². The molecule has 7 heteroatoms. The Morgan fingerprint density at radius 3 is 0.590 bits per heavy atom. The van der Waals surface area contributed by atoms with Gasteiger partial charge in [0.1, 0.15) is 0 Å². The van der Waals surface area contributed by atoms with E-state index in [4.69, 9.17) is 0 Å². The summed E-state index contributed by atoms with van der Waals surface area (Å²) < 4.78 is 4.11. The number of hydrogen-bond donors (Lipinski definition) is 2. The van der Waals surface area contributed by atoms with Crippen molar-refractivity contribution in [1.82, 2.24) is 10.6 Å². The zero-order valence-corrected chi connectivity index (χ0v) is 30.7. The van der Waals surface area contributed by atoms with Gasteiger partial charge in [0, 0.05) is 58.3 Å². The SMILES string of the molecule is CC.CC.CC.CC.CNC(=O)NC.COC(C)=O.II.c1ccccc1.c1ccccc1.c1ccccc1. The lowest BCUT2D eigenvalue weighted by Crippen LogP contribution is -2.28. The van der Waals surface area contributed by atoms with Gasteiger partial charge in [-0.1, -0.05) is 165 Å². The summed E-state index contributed by atoms with van der Waals surface area (Å²) >= 11 is 4.24. The van der Waals surface area contributed by atoms with E-state index in [1.807, 2.05) is 165 Å². The highest BCUT2D eigenvalue weighted by molar-refractivity contribution is 15.0. The van der Waals surface area contributed by atoms with Crippen LogP contribution in [-0.2, 0) is 9.53 Å². The lowest BCUT2D eigenvalue weighted by molar-refractivity contribution is -0.137. The Kier molecular flexibility index (Phi) is 96.1. The van der Waals surface area contributed by atoms with Gasteiger partial charge in [-0.3, -0.25) is 4.79 Å². The Balaban J connectivity index is -0.0000000608. The molecule has 0 saturated carbocycles. The second-order valence-electron chi connectivity index (χ2n) is 4.99. The summed E-state index contributed by atoms with van der Waals surface area (Å²) in [5.74, 6) is -0.245. The number of nitrogens with one attached hydrogen (secondary N) is 2. The van der Waals surface area contributed by atoms with E-state index in [1.165, 1.54) is 14.0 Å². The number of rotatable bonds is 0. The maximum atomic E-state index is 9.96. The summed E-state index contributed by atoms with van der Waals surface area (Å²) in [5.41, 5.74) is 0. The van der Waals surface area contributed by atoms with Gasteiger partial charge in [0.2, 0.25) is 0 Å². The number of methoxy groups -OCH3 is 1. The minimum atomic E-state index is -0.245. The molecule has 3 aromatic rings. The van der Waals surface area contributed by atoms with Gasteiger partial charge in [-0.2, -0.15) is 0 Å². The number of carbonyl (C=O) groups excluding carboxylic acids is 2. The molecular formula is C32H56I2N2O3. The molecule has 3 aromatic carbocycles. The standard InChI is InChI=1S/3C6H6.C3H8N2O.C3H6O2.4C2H6.I2/c3*1-2-4-6-5-3-1;1-4-3(6)5-2;1-3(4)5-2;5*1-2/h3*1-6H;1-2H3,(H2,4,5,6);1-2H3;4*1-2H3;. The van der Waals surface area contributed by atoms with Crippen LogP contribution in [0.2, 0.25) is 0 Å². The largest absolute Gasteiger partial charge is 0.469 e. The van der Waals surface area contributed by atoms with Crippen molar-refractivity contribution in [1.29, 1.82) is 0 Å². The van der Waals surface area contributed by atoms with E-state index in [0.717, 1.165) is 0 Å². The first-order chi connectivity index (χ1) is 19.1. The third kappa shape index (κ3) is 86.0. The van der Waals surface area contributed by atoms with E-state index in [0.29, 0.717) is 0 Å². The average Bonchev–Trinajstić information content (AvgIpc) is 3.09. The van der Waals surface area contributed by atoms with Crippen molar-refractivity contribution in [3.63, 3.8) is 0 Å². The fraction of sp³-hybridized carbons (Fsp3) is 0.375. The van der Waals surface area contributed by atoms with Crippen LogP contribution in [0.5, 0.6) is 0 Å². The Morgan fingerprint density at radius 2 is 0.564 bits per heavy atom. The normalized spacial score (nSPS) is 6.41. The Bertz CT molecular complexity index is 531. The van der Waals surface area contributed by atoms with E-state index < -0.39 is 0 Å². The van der Waals surface area contributed by atoms with Crippen molar-refractivity contribution in [3.05, 3.63) is 109 Å². The highest BCUT2D eigenvalue weighted by atomic mass is 128. The summed E-state index contributed by atoms with van der Waals surface area (Å²) in [7, 11) is 4.49. The molecule has 3 rings (SSSR count). The lowest BCUT2D eigenvalue weighted by Gasteiger charge is -1.91. The van der Waals surface area contributed by atoms with E-state index in [2.05, 4.69) is 52.6 Å². The lowest BCUT2D eigenvalue weighted by atomic mass is 10.4. The van der Waals surface area contributed by atoms with E-state index in [9.17, 15) is 9.59 Å². The molecule has 39 heavy (non-hydrogen) atoms. The quantitative estimate of drug-likeness (QED) is 0.177. The molecule has 0 aliphatic heterocycles. The van der Waals surface area contributed by atoms with Crippen LogP contribution in [0.25, 0.3) is 0 Å². The molecule has 0 aliphatic rings. The fourth-order valence-electron chi connectivity index (χ4n) is 1.28. The van der Waals surface area contributed by atoms with E-state index in [1.54, 1.807) is 14.1 Å². The highest BCUT2D eigenvalue weighted by Gasteiger charge is 1.81. The minimum Gasteiger partial charge on any atom is -0.469 e. The zero-order chi connectivity index (χ0) is 32.0. The molecular weight excluding hydrogens is 714 g/mol. The predicted molar refractivity (Wildman–Crippen MR) is 194 cm³/mol. The number of benzene rings is 3. The Morgan fingerprint density at radius 1 is 0.462 bits per heavy atom. The van der Waals surface area contributed by atoms with E-state index in [-0.39, 0.29) is 12.0 Å². The van der Waals surface area contributed by atoms with Crippen molar-refractivity contribution in [3.8, 4) is 0 Å². The van der Waals surface area contributed by atoms with Crippen LogP contribution in [0.1, 0.15) is 62.3 Å². The second-order valence-corrected chi connectivity index (χ2v) is 4.99. The third-order valence-corrected chi connectivity index (χ3v) is 2.74. The Labute approximate surface area is 265 Å². The first kappa shape index (κ1) is 53.2. The van der Waals surface area contributed by atoms with Crippen molar-refractivity contribution >= 4 is 49.2 Å². The number of carbonyl (C=O) groups is 2. The van der Waals surface area contributed by atoms with Gasteiger partial charge < -0.3 is 15.4 Å². The highest BCUT2D eigenvalue weighted by Crippen LogP contribution is 1.89. The van der Waals surface area contributed by atoms with Crippen LogP contribution < -0.4 is 10.6 Å². The smallest absolute Gasteiger partial charge is 0.314 e. The van der Waals surface area contributed by atoms with Gasteiger partial charge >= 0.3 is 12.0 Å². The third-order valence-electron chi connectivity index (χ3n) is 2.74. The van der Waals surface area contributed by atoms with Gasteiger partial charge in [0.15, 0.2) is 0 Å². The molecule has 2 amide bonds. The number of urea groups is 1. The van der Waals surface area contributed by atoms with Gasteiger partial charge in [0.25, 0.3) is 0 Å². The molecule has 0 heterocycles. The number of amides is 2. The second kappa shape index (κ2) is 70.5. The molecule has 0 saturated heterocycles. The molecule has 0 unspecified atom stereocenters. The van der Waals surface area contributed by atoms with Gasteiger partial charge in [-0.05, 0) is 0 Å². The molecule has 2 N–H and O–H groups in total. The van der Waals surface area contributed by atoms with Crippen LogP contribution in [0.4, 0.5) is 4.79 Å². The maximum Gasteiger partial charge on any atom is 0.314 e. The molecule has 0 bridgehead atoms. The topological polar surface area (TPSA) is 67.4 Å². The fourth-order valence-corrected chi connectivity index (χ4v) is 1.28. The molecule has 5 nitrogen and oxygen atoms in total. The van der Waals surface area contributed by atoms with E-state index >= 15 is 0 Å². The van der Waals surface area contributed by atoms with Crippen LogP contribution in [0.15, 0.2) is 109 Å². The summed E-state index contributed by atoms with van der Waals surface area (Å²) in [6.45, 7) is 17.4. The molecule has 0 aliphatic carbocycles. The number of esters is 1. The van der Waals surface area contributed by atoms with Gasteiger partial charge in [0.05, 0.1) is 7.11 Å². The summed E-state index contributed by atoms with van der Waals surface area (Å²) in [6, 6.07) is 35.8. The van der Waals surface area contributed by atoms with Gasteiger partial charge in [-0.15, -0.1) is 0 Å².